The molecule has 174 valence electrons. The van der Waals surface area contributed by atoms with Crippen molar-refractivity contribution in [3.63, 3.8) is 0 Å². The van der Waals surface area contributed by atoms with Gasteiger partial charge in [0, 0.05) is 11.1 Å². The fourth-order valence-corrected chi connectivity index (χ4v) is 7.34. The monoisotopic (exact) mass is 438 g/mol. The number of carbonyl (C=O) groups is 1. The first-order chi connectivity index (χ1) is 15.1. The van der Waals surface area contributed by atoms with Gasteiger partial charge in [-0.3, -0.25) is 4.79 Å². The van der Waals surface area contributed by atoms with Crippen LogP contribution in [0.4, 0.5) is 0 Å². The van der Waals surface area contributed by atoms with E-state index < -0.39 is 5.41 Å². The maximum Gasteiger partial charge on any atom is 0.311 e. The Bertz CT molecular complexity index is 974. The average Bonchev–Trinajstić information content (AvgIpc) is 2.76. The van der Waals surface area contributed by atoms with Crippen LogP contribution in [0.25, 0.3) is 0 Å². The first-order valence-electron chi connectivity index (χ1n) is 12.1. The molecule has 3 aliphatic carbocycles. The molecule has 32 heavy (non-hydrogen) atoms. The van der Waals surface area contributed by atoms with Crippen LogP contribution in [-0.2, 0) is 22.4 Å². The molecule has 0 bridgehead atoms. The summed E-state index contributed by atoms with van der Waals surface area (Å²) in [6.07, 6.45) is 10.6. The first-order valence-corrected chi connectivity index (χ1v) is 12.1. The molecule has 2 fully saturated rings. The third-order valence-corrected chi connectivity index (χ3v) is 9.11. The second-order valence-electron chi connectivity index (χ2n) is 10.9. The van der Waals surface area contributed by atoms with E-state index in [0.29, 0.717) is 30.4 Å². The Morgan fingerprint density at radius 3 is 2.72 bits per heavy atom. The largest absolute Gasteiger partial charge is 0.508 e. The van der Waals surface area contributed by atoms with Crippen molar-refractivity contribution in [1.82, 2.24) is 0 Å². The highest BCUT2D eigenvalue weighted by atomic mass is 16.5. The molecule has 0 unspecified atom stereocenters. The summed E-state index contributed by atoms with van der Waals surface area (Å²) in [7, 11) is 1.51. The molecule has 4 heteroatoms. The Kier molecular flexibility index (Phi) is 5.94. The number of ether oxygens (including phenoxy) is 1. The molecule has 4 nitrogen and oxygen atoms in total. The average molecular weight is 439 g/mol. The van der Waals surface area contributed by atoms with Crippen LogP contribution in [-0.4, -0.2) is 23.3 Å². The molecule has 0 aromatic heterocycles. The maximum atomic E-state index is 12.8. The smallest absolute Gasteiger partial charge is 0.311 e. The molecule has 0 heterocycles. The fraction of sp³-hybridized carbons (Fsp3) is 0.607. The molecule has 0 saturated heterocycles. The van der Waals surface area contributed by atoms with Crippen LogP contribution < -0.4 is 0 Å². The van der Waals surface area contributed by atoms with Gasteiger partial charge in [-0.05, 0) is 94.1 Å². The van der Waals surface area contributed by atoms with E-state index in [1.807, 2.05) is 6.92 Å². The summed E-state index contributed by atoms with van der Waals surface area (Å²) in [6, 6.07) is 1.67. The number of aryl methyl sites for hydroxylation is 1. The number of aromatic hydroxyl groups is 2. The van der Waals surface area contributed by atoms with Crippen molar-refractivity contribution in [2.24, 2.45) is 22.7 Å². The van der Waals surface area contributed by atoms with Crippen LogP contribution in [0.1, 0.15) is 75.5 Å². The van der Waals surface area contributed by atoms with Gasteiger partial charge < -0.3 is 14.9 Å². The summed E-state index contributed by atoms with van der Waals surface area (Å²) in [4.78, 5) is 12.8. The molecule has 3 aliphatic rings. The van der Waals surface area contributed by atoms with Crippen LogP contribution in [0.15, 0.2) is 29.9 Å². The summed E-state index contributed by atoms with van der Waals surface area (Å²) < 4.78 is 5.25. The van der Waals surface area contributed by atoms with Crippen molar-refractivity contribution in [3.05, 3.63) is 46.6 Å². The van der Waals surface area contributed by atoms with Crippen LogP contribution in [0.5, 0.6) is 11.5 Å². The van der Waals surface area contributed by atoms with E-state index in [-0.39, 0.29) is 17.1 Å². The Morgan fingerprint density at radius 2 is 2.00 bits per heavy atom. The zero-order valence-electron chi connectivity index (χ0n) is 20.1. The van der Waals surface area contributed by atoms with Gasteiger partial charge in [0.05, 0.1) is 12.5 Å². The van der Waals surface area contributed by atoms with E-state index >= 15 is 0 Å². The number of allylic oxidation sites excluding steroid dienone is 3. The van der Waals surface area contributed by atoms with E-state index in [1.54, 1.807) is 6.07 Å². The molecule has 1 aromatic rings. The van der Waals surface area contributed by atoms with Crippen LogP contribution in [0, 0.1) is 29.6 Å². The Hall–Kier alpha value is -2.23. The normalized spacial score (nSPS) is 32.0. The highest BCUT2D eigenvalue weighted by Crippen LogP contribution is 2.62. The van der Waals surface area contributed by atoms with E-state index in [2.05, 4.69) is 26.5 Å². The predicted octanol–water partition coefficient (Wildman–Crippen LogP) is 6.16. The van der Waals surface area contributed by atoms with Crippen molar-refractivity contribution in [2.45, 2.75) is 78.6 Å². The SMILES string of the molecule is C=C1CC[C@@H]2[C@](C)(CCC[C@]2(C)C(=O)OC)[C@H]1CCC1=CCc2c(O)c(C)cc(O)c2C1. The number of esters is 1. The van der Waals surface area contributed by atoms with Crippen LogP contribution >= 0.6 is 0 Å². The second kappa shape index (κ2) is 8.28. The lowest BCUT2D eigenvalue weighted by molar-refractivity contribution is -0.168. The molecular weight excluding hydrogens is 400 g/mol. The molecule has 0 aliphatic heterocycles. The molecule has 0 radical (unpaired) electrons. The molecule has 4 atom stereocenters. The van der Waals surface area contributed by atoms with Gasteiger partial charge in [0.2, 0.25) is 0 Å². The Labute approximate surface area is 192 Å². The topological polar surface area (TPSA) is 66.8 Å². The third-order valence-electron chi connectivity index (χ3n) is 9.11. The van der Waals surface area contributed by atoms with Gasteiger partial charge in [-0.1, -0.05) is 37.1 Å². The fourth-order valence-electron chi connectivity index (χ4n) is 7.34. The minimum absolute atomic E-state index is 0.0567. The highest BCUT2D eigenvalue weighted by Gasteiger charge is 2.57. The van der Waals surface area contributed by atoms with Gasteiger partial charge in [-0.15, -0.1) is 0 Å². The minimum Gasteiger partial charge on any atom is -0.508 e. The van der Waals surface area contributed by atoms with Gasteiger partial charge in [-0.25, -0.2) is 0 Å². The number of rotatable bonds is 4. The first kappa shape index (κ1) is 22.9. The maximum absolute atomic E-state index is 12.8. The second-order valence-corrected chi connectivity index (χ2v) is 10.9. The highest BCUT2D eigenvalue weighted by molar-refractivity contribution is 5.77. The number of fused-ring (bicyclic) bond motifs is 2. The van der Waals surface area contributed by atoms with Crippen molar-refractivity contribution in [3.8, 4) is 11.5 Å². The summed E-state index contributed by atoms with van der Waals surface area (Å²) in [5, 5.41) is 20.9. The zero-order chi connectivity index (χ0) is 23.3. The van der Waals surface area contributed by atoms with Crippen molar-refractivity contribution >= 4 is 5.97 Å². The third kappa shape index (κ3) is 3.56. The summed E-state index contributed by atoms with van der Waals surface area (Å²) in [5.41, 5.74) is 4.74. The number of phenolic OH excluding ortho intramolecular Hbond substituents is 2. The molecule has 1 aromatic carbocycles. The number of methoxy groups -OCH3 is 1. The number of phenols is 2. The van der Waals surface area contributed by atoms with Gasteiger partial charge in [0.25, 0.3) is 0 Å². The van der Waals surface area contributed by atoms with Crippen molar-refractivity contribution in [1.29, 1.82) is 0 Å². The molecule has 0 amide bonds. The molecule has 0 spiro atoms. The van der Waals surface area contributed by atoms with Crippen LogP contribution in [0.2, 0.25) is 0 Å². The summed E-state index contributed by atoms with van der Waals surface area (Å²) in [6.45, 7) is 10.8. The molecular formula is C28H38O4. The lowest BCUT2D eigenvalue weighted by Crippen LogP contribution is -2.53. The number of hydrogen-bond donors (Lipinski definition) is 2. The van der Waals surface area contributed by atoms with Gasteiger partial charge in [0.1, 0.15) is 11.5 Å². The van der Waals surface area contributed by atoms with Gasteiger partial charge >= 0.3 is 5.97 Å². The van der Waals surface area contributed by atoms with Gasteiger partial charge in [0.15, 0.2) is 0 Å². The summed E-state index contributed by atoms with van der Waals surface area (Å²) in [5.74, 6) is 1.24. The number of carbonyl (C=O) groups excluding carboxylic acids is 1. The molecule has 4 rings (SSSR count). The zero-order valence-corrected chi connectivity index (χ0v) is 20.1. The van der Waals surface area contributed by atoms with E-state index in [0.717, 1.165) is 61.6 Å². The van der Waals surface area contributed by atoms with E-state index in [4.69, 9.17) is 4.74 Å². The molecule has 2 N–H and O–H groups in total. The Morgan fingerprint density at radius 1 is 1.25 bits per heavy atom. The lowest BCUT2D eigenvalue weighted by Gasteiger charge is -2.57. The number of hydrogen-bond acceptors (Lipinski definition) is 4. The minimum atomic E-state index is -0.412. The summed E-state index contributed by atoms with van der Waals surface area (Å²) >= 11 is 0. The van der Waals surface area contributed by atoms with Gasteiger partial charge in [-0.2, -0.15) is 0 Å². The lowest BCUT2D eigenvalue weighted by atomic mass is 9.46. The molecule has 2 saturated carbocycles. The Balaban J connectivity index is 1.53. The number of benzene rings is 1. The van der Waals surface area contributed by atoms with Crippen LogP contribution in [0.3, 0.4) is 0 Å². The quantitative estimate of drug-likeness (QED) is 0.335. The van der Waals surface area contributed by atoms with Crippen molar-refractivity contribution in [2.75, 3.05) is 7.11 Å². The predicted molar refractivity (Wildman–Crippen MR) is 127 cm³/mol. The van der Waals surface area contributed by atoms with E-state index in [9.17, 15) is 15.0 Å². The van der Waals surface area contributed by atoms with E-state index in [1.165, 1.54) is 18.3 Å². The standard InChI is InChI=1S/C28H38O4/c1-17-7-12-24-27(3,13-6-14-28(24,4)26(31)32-5)22(17)11-9-19-8-10-20-21(16-19)23(29)15-18(2)25(20)30/h8,15,22,24,29-30H,1,6-7,9-14,16H2,2-5H3/t22-,24+,27+,28-/m0/s1. The van der Waals surface area contributed by atoms with Crippen molar-refractivity contribution < 1.29 is 19.7 Å².